The van der Waals surface area contributed by atoms with Crippen LogP contribution in [0.25, 0.3) is 0 Å². The number of furan rings is 1. The quantitative estimate of drug-likeness (QED) is 0.880. The number of amides is 2. The van der Waals surface area contributed by atoms with Crippen molar-refractivity contribution in [1.29, 1.82) is 0 Å². The van der Waals surface area contributed by atoms with Crippen LogP contribution >= 0.6 is 0 Å². The number of anilines is 1. The van der Waals surface area contributed by atoms with Gasteiger partial charge in [0.25, 0.3) is 0 Å². The van der Waals surface area contributed by atoms with Crippen molar-refractivity contribution >= 4 is 11.7 Å². The van der Waals surface area contributed by atoms with E-state index in [1.807, 2.05) is 43.3 Å². The average Bonchev–Trinajstić information content (AvgIpc) is 2.98. The lowest BCUT2D eigenvalue weighted by Crippen LogP contribution is -2.34. The molecule has 0 aliphatic carbocycles. The monoisotopic (exact) mass is 273 g/mol. The van der Waals surface area contributed by atoms with Crippen LogP contribution in [0.3, 0.4) is 0 Å². The highest BCUT2D eigenvalue weighted by Gasteiger charge is 2.13. The van der Waals surface area contributed by atoms with Crippen LogP contribution in [0, 0.1) is 0 Å². The zero-order chi connectivity index (χ0) is 14.4. The Labute approximate surface area is 118 Å². The molecule has 5 nitrogen and oxygen atoms in total. The molecule has 1 aromatic heterocycles. The molecular weight excluding hydrogens is 254 g/mol. The molecule has 0 atom stereocenters. The van der Waals surface area contributed by atoms with Gasteiger partial charge in [-0.05, 0) is 36.8 Å². The fourth-order valence-electron chi connectivity index (χ4n) is 1.84. The van der Waals surface area contributed by atoms with Gasteiger partial charge in [-0.15, -0.1) is 0 Å². The predicted molar refractivity (Wildman–Crippen MR) is 78.1 cm³/mol. The number of urea groups is 1. The molecule has 20 heavy (non-hydrogen) atoms. The van der Waals surface area contributed by atoms with Crippen LogP contribution in [0.5, 0.6) is 0 Å². The predicted octanol–water partition coefficient (Wildman–Crippen LogP) is 2.79. The normalized spacial score (nSPS) is 10.3. The SMILES string of the molecule is CCN(Cc1ccco1)C(=O)Nc1ccc(CN)cc1. The van der Waals surface area contributed by atoms with Gasteiger partial charge in [-0.2, -0.15) is 0 Å². The molecule has 1 aromatic carbocycles. The first-order chi connectivity index (χ1) is 9.72. The second-order valence-corrected chi connectivity index (χ2v) is 4.42. The smallest absolute Gasteiger partial charge is 0.322 e. The van der Waals surface area contributed by atoms with Crippen LogP contribution in [0.2, 0.25) is 0 Å². The molecule has 2 aromatic rings. The molecular formula is C15H19N3O2. The molecule has 2 amide bonds. The third-order valence-corrected chi connectivity index (χ3v) is 3.04. The summed E-state index contributed by atoms with van der Waals surface area (Å²) in [6, 6.07) is 11.0. The average molecular weight is 273 g/mol. The summed E-state index contributed by atoms with van der Waals surface area (Å²) < 4.78 is 5.26. The Morgan fingerprint density at radius 2 is 2.05 bits per heavy atom. The Hall–Kier alpha value is -2.27. The molecule has 5 heteroatoms. The minimum Gasteiger partial charge on any atom is -0.467 e. The van der Waals surface area contributed by atoms with Gasteiger partial charge in [0.2, 0.25) is 0 Å². The standard InChI is InChI=1S/C15H19N3O2/c1-2-18(11-14-4-3-9-20-14)15(19)17-13-7-5-12(10-16)6-8-13/h3-9H,2,10-11,16H2,1H3,(H,17,19). The van der Waals surface area contributed by atoms with Crippen molar-refractivity contribution < 1.29 is 9.21 Å². The van der Waals surface area contributed by atoms with E-state index in [0.29, 0.717) is 19.6 Å². The van der Waals surface area contributed by atoms with Crippen LogP contribution in [0.4, 0.5) is 10.5 Å². The van der Waals surface area contributed by atoms with Crippen molar-refractivity contribution in [2.75, 3.05) is 11.9 Å². The van der Waals surface area contributed by atoms with Crippen LogP contribution in [0.15, 0.2) is 47.1 Å². The van der Waals surface area contributed by atoms with E-state index in [0.717, 1.165) is 17.0 Å². The maximum Gasteiger partial charge on any atom is 0.322 e. The molecule has 0 saturated heterocycles. The molecule has 0 saturated carbocycles. The van der Waals surface area contributed by atoms with Gasteiger partial charge < -0.3 is 20.4 Å². The van der Waals surface area contributed by atoms with Gasteiger partial charge in [-0.3, -0.25) is 0 Å². The summed E-state index contributed by atoms with van der Waals surface area (Å²) in [4.78, 5) is 13.8. The number of hydrogen-bond donors (Lipinski definition) is 2. The second-order valence-electron chi connectivity index (χ2n) is 4.42. The molecule has 2 rings (SSSR count). The van der Waals surface area contributed by atoms with Crippen LogP contribution < -0.4 is 11.1 Å². The summed E-state index contributed by atoms with van der Waals surface area (Å²) in [6.45, 7) is 3.48. The van der Waals surface area contributed by atoms with Gasteiger partial charge in [-0.25, -0.2) is 4.79 Å². The van der Waals surface area contributed by atoms with Crippen molar-refractivity contribution in [1.82, 2.24) is 4.90 Å². The molecule has 0 unspecified atom stereocenters. The molecule has 0 fully saturated rings. The number of benzene rings is 1. The lowest BCUT2D eigenvalue weighted by molar-refractivity contribution is 0.207. The summed E-state index contributed by atoms with van der Waals surface area (Å²) in [5.74, 6) is 0.764. The third-order valence-electron chi connectivity index (χ3n) is 3.04. The van der Waals surface area contributed by atoms with Gasteiger partial charge in [0.1, 0.15) is 5.76 Å². The number of nitrogens with one attached hydrogen (secondary N) is 1. The van der Waals surface area contributed by atoms with Gasteiger partial charge in [-0.1, -0.05) is 12.1 Å². The van der Waals surface area contributed by atoms with Gasteiger partial charge in [0.15, 0.2) is 0 Å². The Bertz CT molecular complexity index is 535. The topological polar surface area (TPSA) is 71.5 Å². The highest BCUT2D eigenvalue weighted by Crippen LogP contribution is 2.12. The van der Waals surface area contributed by atoms with Crippen molar-refractivity contribution in [3.63, 3.8) is 0 Å². The van der Waals surface area contributed by atoms with E-state index >= 15 is 0 Å². The van der Waals surface area contributed by atoms with Crippen LogP contribution in [-0.2, 0) is 13.1 Å². The first-order valence-corrected chi connectivity index (χ1v) is 6.60. The van der Waals surface area contributed by atoms with E-state index in [2.05, 4.69) is 5.32 Å². The number of carbonyl (C=O) groups excluding carboxylic acids is 1. The van der Waals surface area contributed by atoms with Crippen molar-refractivity contribution in [3.05, 3.63) is 54.0 Å². The van der Waals surface area contributed by atoms with Crippen LogP contribution in [0.1, 0.15) is 18.2 Å². The number of nitrogens with zero attached hydrogens (tertiary/aromatic N) is 1. The first kappa shape index (κ1) is 14.1. The van der Waals surface area contributed by atoms with E-state index in [1.165, 1.54) is 0 Å². The Morgan fingerprint density at radius 1 is 1.30 bits per heavy atom. The summed E-state index contributed by atoms with van der Waals surface area (Å²) >= 11 is 0. The maximum absolute atomic E-state index is 12.2. The molecule has 0 aliphatic heterocycles. The van der Waals surface area contributed by atoms with E-state index in [-0.39, 0.29) is 6.03 Å². The maximum atomic E-state index is 12.2. The summed E-state index contributed by atoms with van der Waals surface area (Å²) in [5.41, 5.74) is 7.33. The highest BCUT2D eigenvalue weighted by molar-refractivity contribution is 5.89. The van der Waals surface area contributed by atoms with Gasteiger partial charge in [0, 0.05) is 18.8 Å². The fourth-order valence-corrected chi connectivity index (χ4v) is 1.84. The molecule has 0 bridgehead atoms. The second kappa shape index (κ2) is 6.77. The molecule has 106 valence electrons. The van der Waals surface area contributed by atoms with Crippen LogP contribution in [-0.4, -0.2) is 17.5 Å². The van der Waals surface area contributed by atoms with E-state index in [9.17, 15) is 4.79 Å². The number of rotatable bonds is 5. The zero-order valence-corrected chi connectivity index (χ0v) is 11.5. The Kier molecular flexibility index (Phi) is 4.79. The molecule has 0 spiro atoms. The Morgan fingerprint density at radius 3 is 2.60 bits per heavy atom. The minimum absolute atomic E-state index is 0.149. The highest BCUT2D eigenvalue weighted by atomic mass is 16.3. The lowest BCUT2D eigenvalue weighted by atomic mass is 10.2. The number of nitrogens with two attached hydrogens (primary N) is 1. The van der Waals surface area contributed by atoms with Crippen molar-refractivity contribution in [2.45, 2.75) is 20.0 Å². The fraction of sp³-hybridized carbons (Fsp3) is 0.267. The van der Waals surface area contributed by atoms with Gasteiger partial charge >= 0.3 is 6.03 Å². The van der Waals surface area contributed by atoms with Crippen molar-refractivity contribution in [2.24, 2.45) is 5.73 Å². The molecule has 0 radical (unpaired) electrons. The third kappa shape index (κ3) is 3.61. The molecule has 3 N–H and O–H groups in total. The number of carbonyl (C=O) groups is 1. The Balaban J connectivity index is 1.97. The van der Waals surface area contributed by atoms with Crippen molar-refractivity contribution in [3.8, 4) is 0 Å². The zero-order valence-electron chi connectivity index (χ0n) is 11.5. The van der Waals surface area contributed by atoms with E-state index in [1.54, 1.807) is 11.2 Å². The molecule has 1 heterocycles. The minimum atomic E-state index is -0.149. The summed E-state index contributed by atoms with van der Waals surface area (Å²) in [7, 11) is 0. The van der Waals surface area contributed by atoms with Gasteiger partial charge in [0.05, 0.1) is 12.8 Å². The summed E-state index contributed by atoms with van der Waals surface area (Å²) in [6.07, 6.45) is 1.60. The number of hydrogen-bond acceptors (Lipinski definition) is 3. The molecule has 0 aliphatic rings. The van der Waals surface area contributed by atoms with E-state index in [4.69, 9.17) is 10.2 Å². The van der Waals surface area contributed by atoms with E-state index < -0.39 is 0 Å². The first-order valence-electron chi connectivity index (χ1n) is 6.60. The lowest BCUT2D eigenvalue weighted by Gasteiger charge is -2.20. The largest absolute Gasteiger partial charge is 0.467 e. The summed E-state index contributed by atoms with van der Waals surface area (Å²) in [5, 5.41) is 2.86.